The van der Waals surface area contributed by atoms with Gasteiger partial charge in [0.05, 0.1) is 6.20 Å². The van der Waals surface area contributed by atoms with Gasteiger partial charge < -0.3 is 4.74 Å². The van der Waals surface area contributed by atoms with E-state index in [0.29, 0.717) is 11.6 Å². The van der Waals surface area contributed by atoms with Gasteiger partial charge in [0.15, 0.2) is 0 Å². The molecule has 0 aliphatic rings. The summed E-state index contributed by atoms with van der Waals surface area (Å²) in [4.78, 5) is 8.08. The van der Waals surface area contributed by atoms with Crippen LogP contribution in [0.25, 0.3) is 0 Å². The van der Waals surface area contributed by atoms with E-state index in [-0.39, 0.29) is 0 Å². The molecule has 0 bridgehead atoms. The molecular formula is C10H6Br2N2O. The van der Waals surface area contributed by atoms with Crippen LogP contribution in [-0.4, -0.2) is 9.97 Å². The Morgan fingerprint density at radius 3 is 2.53 bits per heavy atom. The van der Waals surface area contributed by atoms with E-state index in [1.165, 1.54) is 0 Å². The third kappa shape index (κ3) is 3.00. The zero-order valence-electron chi connectivity index (χ0n) is 7.52. The Morgan fingerprint density at radius 2 is 1.87 bits per heavy atom. The van der Waals surface area contributed by atoms with Crippen LogP contribution in [0.5, 0.6) is 11.6 Å². The Morgan fingerprint density at radius 1 is 1.00 bits per heavy atom. The number of aromatic nitrogens is 2. The molecule has 15 heavy (non-hydrogen) atoms. The van der Waals surface area contributed by atoms with Crippen LogP contribution in [0.15, 0.2) is 45.7 Å². The van der Waals surface area contributed by atoms with E-state index in [9.17, 15) is 0 Å². The first-order chi connectivity index (χ1) is 7.24. The first kappa shape index (κ1) is 10.6. The molecule has 0 aliphatic carbocycles. The minimum absolute atomic E-state index is 0.540. The summed E-state index contributed by atoms with van der Waals surface area (Å²) < 4.78 is 7.28. The smallest absolute Gasteiger partial charge is 0.219 e. The Balaban J connectivity index is 2.18. The van der Waals surface area contributed by atoms with Gasteiger partial charge in [0.2, 0.25) is 5.88 Å². The monoisotopic (exact) mass is 328 g/mol. The Labute approximate surface area is 104 Å². The van der Waals surface area contributed by atoms with Crippen molar-refractivity contribution in [3.63, 3.8) is 0 Å². The molecule has 5 heteroatoms. The van der Waals surface area contributed by atoms with Crippen molar-refractivity contribution in [1.29, 1.82) is 0 Å². The van der Waals surface area contributed by atoms with Crippen molar-refractivity contribution in [2.75, 3.05) is 0 Å². The van der Waals surface area contributed by atoms with Crippen LogP contribution in [0.4, 0.5) is 0 Å². The second-order valence-electron chi connectivity index (χ2n) is 2.76. The van der Waals surface area contributed by atoms with Crippen molar-refractivity contribution < 1.29 is 4.74 Å². The zero-order chi connectivity index (χ0) is 10.7. The molecular weight excluding hydrogens is 324 g/mol. The van der Waals surface area contributed by atoms with E-state index in [2.05, 4.69) is 41.8 Å². The molecule has 0 saturated carbocycles. The first-order valence-corrected chi connectivity index (χ1v) is 5.72. The molecule has 0 spiro atoms. The number of nitrogens with zero attached hydrogens (tertiary/aromatic N) is 2. The summed E-state index contributed by atoms with van der Waals surface area (Å²) >= 11 is 6.62. The molecule has 0 radical (unpaired) electrons. The van der Waals surface area contributed by atoms with Crippen LogP contribution in [0.1, 0.15) is 0 Å². The summed E-state index contributed by atoms with van der Waals surface area (Å²) in [6.45, 7) is 0. The normalized spacial score (nSPS) is 10.0. The van der Waals surface area contributed by atoms with Gasteiger partial charge >= 0.3 is 0 Å². The van der Waals surface area contributed by atoms with Crippen molar-refractivity contribution in [3.05, 3.63) is 45.7 Å². The highest BCUT2D eigenvalue weighted by Gasteiger charge is 1.99. The van der Waals surface area contributed by atoms with Crippen LogP contribution in [0.3, 0.4) is 0 Å². The van der Waals surface area contributed by atoms with Crippen molar-refractivity contribution in [1.82, 2.24) is 9.97 Å². The quantitative estimate of drug-likeness (QED) is 0.840. The summed E-state index contributed by atoms with van der Waals surface area (Å²) in [5.74, 6) is 1.19. The molecule has 3 nitrogen and oxygen atoms in total. The van der Waals surface area contributed by atoms with Crippen molar-refractivity contribution in [3.8, 4) is 11.6 Å². The van der Waals surface area contributed by atoms with Crippen molar-refractivity contribution in [2.24, 2.45) is 0 Å². The maximum Gasteiger partial charge on any atom is 0.219 e. The molecule has 0 aliphatic heterocycles. The minimum Gasteiger partial charge on any atom is -0.437 e. The zero-order valence-corrected chi connectivity index (χ0v) is 10.7. The number of hydrogen-bond donors (Lipinski definition) is 0. The molecule has 2 aromatic rings. The van der Waals surface area contributed by atoms with Crippen molar-refractivity contribution in [2.45, 2.75) is 0 Å². The lowest BCUT2D eigenvalue weighted by Crippen LogP contribution is -1.87. The van der Waals surface area contributed by atoms with Gasteiger partial charge in [-0.2, -0.15) is 0 Å². The Hall–Kier alpha value is -0.940. The topological polar surface area (TPSA) is 35.0 Å². The number of hydrogen-bond acceptors (Lipinski definition) is 3. The van der Waals surface area contributed by atoms with E-state index >= 15 is 0 Å². The maximum absolute atomic E-state index is 5.49. The molecule has 0 atom stereocenters. The lowest BCUT2D eigenvalue weighted by Gasteiger charge is -2.03. The highest BCUT2D eigenvalue weighted by atomic mass is 79.9. The van der Waals surface area contributed by atoms with E-state index in [4.69, 9.17) is 4.74 Å². The summed E-state index contributed by atoms with van der Waals surface area (Å²) in [6, 6.07) is 5.48. The highest BCUT2D eigenvalue weighted by Crippen LogP contribution is 2.22. The predicted octanol–water partition coefficient (Wildman–Crippen LogP) is 3.79. The molecule has 0 aromatic carbocycles. The molecule has 0 N–H and O–H groups in total. The number of halogens is 2. The minimum atomic E-state index is 0.540. The fourth-order valence-corrected chi connectivity index (χ4v) is 1.57. The molecule has 2 heterocycles. The lowest BCUT2D eigenvalue weighted by atomic mass is 10.4. The summed E-state index contributed by atoms with van der Waals surface area (Å²) in [5.41, 5.74) is 0. The Bertz CT molecular complexity index is 459. The maximum atomic E-state index is 5.49. The first-order valence-electron chi connectivity index (χ1n) is 4.14. The molecule has 0 fully saturated rings. The van der Waals surface area contributed by atoms with E-state index in [1.807, 2.05) is 12.1 Å². The van der Waals surface area contributed by atoms with Gasteiger partial charge in [-0.15, -0.1) is 0 Å². The second-order valence-corrected chi connectivity index (χ2v) is 4.59. The van der Waals surface area contributed by atoms with Crippen molar-refractivity contribution >= 4 is 31.9 Å². The number of ether oxygens (including phenoxy) is 1. The van der Waals surface area contributed by atoms with Gasteiger partial charge in [-0.1, -0.05) is 0 Å². The number of rotatable bonds is 2. The standard InChI is InChI=1S/C10H6Br2N2O/c11-7-1-2-10(14-5-7)15-9-3-8(12)4-13-6-9/h1-6H. The van der Waals surface area contributed by atoms with Gasteiger partial charge in [-0.05, 0) is 44.0 Å². The van der Waals surface area contributed by atoms with Gasteiger partial charge in [-0.25, -0.2) is 4.98 Å². The number of pyridine rings is 2. The fraction of sp³-hybridized carbons (Fsp3) is 0. The average molecular weight is 330 g/mol. The molecule has 2 aromatic heterocycles. The second kappa shape index (κ2) is 4.72. The van der Waals surface area contributed by atoms with E-state index < -0.39 is 0 Å². The summed E-state index contributed by atoms with van der Waals surface area (Å²) in [7, 11) is 0. The van der Waals surface area contributed by atoms with Crippen LogP contribution in [0, 0.1) is 0 Å². The summed E-state index contributed by atoms with van der Waals surface area (Å²) in [5, 5.41) is 0. The van der Waals surface area contributed by atoms with Crippen LogP contribution in [-0.2, 0) is 0 Å². The third-order valence-corrected chi connectivity index (χ3v) is 2.51. The van der Waals surface area contributed by atoms with E-state index in [1.54, 1.807) is 24.7 Å². The van der Waals surface area contributed by atoms with Crippen LogP contribution < -0.4 is 4.74 Å². The molecule has 0 unspecified atom stereocenters. The summed E-state index contributed by atoms with van der Waals surface area (Å²) in [6.07, 6.45) is 5.01. The van der Waals surface area contributed by atoms with Crippen LogP contribution in [0.2, 0.25) is 0 Å². The highest BCUT2D eigenvalue weighted by molar-refractivity contribution is 9.10. The fourth-order valence-electron chi connectivity index (χ4n) is 0.992. The SMILES string of the molecule is Brc1ccc(Oc2cncc(Br)c2)nc1. The van der Waals surface area contributed by atoms with Crippen LogP contribution >= 0.6 is 31.9 Å². The Kier molecular flexibility index (Phi) is 3.33. The van der Waals surface area contributed by atoms with Gasteiger partial charge in [0, 0.05) is 27.4 Å². The van der Waals surface area contributed by atoms with E-state index in [0.717, 1.165) is 8.95 Å². The van der Waals surface area contributed by atoms with Gasteiger partial charge in [0.1, 0.15) is 5.75 Å². The molecule has 76 valence electrons. The molecule has 2 rings (SSSR count). The lowest BCUT2D eigenvalue weighted by molar-refractivity contribution is 0.460. The third-order valence-electron chi connectivity index (χ3n) is 1.60. The van der Waals surface area contributed by atoms with Gasteiger partial charge in [-0.3, -0.25) is 4.98 Å². The molecule has 0 amide bonds. The molecule has 0 saturated heterocycles. The predicted molar refractivity (Wildman–Crippen MR) is 63.9 cm³/mol. The van der Waals surface area contributed by atoms with Gasteiger partial charge in [0.25, 0.3) is 0 Å². The average Bonchev–Trinajstić information content (AvgIpc) is 2.22. The largest absolute Gasteiger partial charge is 0.437 e.